The average molecular weight is 286 g/mol. The van der Waals surface area contributed by atoms with Crippen molar-refractivity contribution in [1.82, 2.24) is 10.3 Å². The number of pyridine rings is 1. The van der Waals surface area contributed by atoms with Gasteiger partial charge in [-0.25, -0.2) is 0 Å². The van der Waals surface area contributed by atoms with E-state index >= 15 is 0 Å². The molecule has 0 saturated heterocycles. The molecule has 0 radical (unpaired) electrons. The van der Waals surface area contributed by atoms with Gasteiger partial charge in [-0.2, -0.15) is 0 Å². The zero-order chi connectivity index (χ0) is 15.5. The maximum atomic E-state index is 11.7. The van der Waals surface area contributed by atoms with Crippen LogP contribution >= 0.6 is 0 Å². The van der Waals surface area contributed by atoms with Gasteiger partial charge in [-0.1, -0.05) is 18.2 Å². The molecule has 0 bridgehead atoms. The third-order valence-corrected chi connectivity index (χ3v) is 2.93. The van der Waals surface area contributed by atoms with Crippen LogP contribution in [0, 0.1) is 6.92 Å². The predicted molar refractivity (Wildman–Crippen MR) is 84.0 cm³/mol. The van der Waals surface area contributed by atoms with E-state index in [0.29, 0.717) is 6.54 Å². The highest BCUT2D eigenvalue weighted by molar-refractivity contribution is 5.82. The Hall–Kier alpha value is -1.94. The second-order valence-electron chi connectivity index (χ2n) is 6.13. The summed E-state index contributed by atoms with van der Waals surface area (Å²) in [7, 11) is 0. The molecule has 0 amide bonds. The fourth-order valence-electron chi connectivity index (χ4n) is 2.22. The molecule has 0 fully saturated rings. The van der Waals surface area contributed by atoms with Crippen LogP contribution in [0.1, 0.15) is 32.0 Å². The fraction of sp³-hybridized carbons (Fsp3) is 0.412. The van der Waals surface area contributed by atoms with Crippen LogP contribution in [0.5, 0.6) is 0 Å². The lowest BCUT2D eigenvalue weighted by Gasteiger charge is -2.19. The van der Waals surface area contributed by atoms with Gasteiger partial charge in [-0.15, -0.1) is 0 Å². The number of benzene rings is 1. The first-order chi connectivity index (χ1) is 9.85. The molecule has 0 aliphatic heterocycles. The van der Waals surface area contributed by atoms with Gasteiger partial charge in [-0.05, 0) is 45.4 Å². The number of esters is 1. The Kier molecular flexibility index (Phi) is 4.58. The van der Waals surface area contributed by atoms with Crippen molar-refractivity contribution < 1.29 is 9.53 Å². The molecule has 2 rings (SSSR count). The minimum atomic E-state index is -0.446. The third kappa shape index (κ3) is 4.53. The number of hydrogen-bond acceptors (Lipinski definition) is 4. The maximum absolute atomic E-state index is 11.7. The van der Waals surface area contributed by atoms with E-state index in [0.717, 1.165) is 22.2 Å². The Labute approximate surface area is 125 Å². The Morgan fingerprint density at radius 1 is 1.29 bits per heavy atom. The van der Waals surface area contributed by atoms with Gasteiger partial charge in [0.1, 0.15) is 5.60 Å². The van der Waals surface area contributed by atoms with Crippen LogP contribution in [0.25, 0.3) is 10.9 Å². The minimum absolute atomic E-state index is 0.201. The molecule has 2 aromatic rings. The molecular weight excluding hydrogens is 264 g/mol. The number of para-hydroxylation sites is 1. The molecule has 112 valence electrons. The van der Waals surface area contributed by atoms with E-state index in [-0.39, 0.29) is 12.5 Å². The van der Waals surface area contributed by atoms with Gasteiger partial charge in [0.2, 0.25) is 0 Å². The summed E-state index contributed by atoms with van der Waals surface area (Å²) < 4.78 is 5.27. The molecule has 1 aromatic heterocycles. The van der Waals surface area contributed by atoms with Crippen molar-refractivity contribution in [2.24, 2.45) is 0 Å². The Morgan fingerprint density at radius 3 is 2.71 bits per heavy atom. The second kappa shape index (κ2) is 6.22. The number of rotatable bonds is 4. The molecule has 21 heavy (non-hydrogen) atoms. The number of nitrogens with zero attached hydrogens (tertiary/aromatic N) is 1. The van der Waals surface area contributed by atoms with Gasteiger partial charge in [0, 0.05) is 17.6 Å². The highest BCUT2D eigenvalue weighted by Crippen LogP contribution is 2.17. The van der Waals surface area contributed by atoms with Crippen LogP contribution in [0.4, 0.5) is 0 Å². The first-order valence-corrected chi connectivity index (χ1v) is 7.13. The Morgan fingerprint density at radius 2 is 2.00 bits per heavy atom. The highest BCUT2D eigenvalue weighted by Gasteiger charge is 2.15. The second-order valence-corrected chi connectivity index (χ2v) is 6.13. The first kappa shape index (κ1) is 15.4. The molecule has 0 aliphatic rings. The number of aryl methyl sites for hydroxylation is 1. The van der Waals surface area contributed by atoms with Crippen LogP contribution in [0.15, 0.2) is 30.3 Å². The van der Waals surface area contributed by atoms with Crippen molar-refractivity contribution >= 4 is 16.9 Å². The SMILES string of the molecule is Cc1cc(CNCC(=O)OC(C)(C)C)c2ccccc2n1. The monoisotopic (exact) mass is 286 g/mol. The number of aromatic nitrogens is 1. The zero-order valence-electron chi connectivity index (χ0n) is 13.1. The molecule has 1 aromatic carbocycles. The molecule has 0 atom stereocenters. The zero-order valence-corrected chi connectivity index (χ0v) is 13.1. The molecule has 0 aliphatic carbocycles. The average Bonchev–Trinajstić information content (AvgIpc) is 2.36. The van der Waals surface area contributed by atoms with Crippen LogP contribution in [0.2, 0.25) is 0 Å². The molecule has 4 nitrogen and oxygen atoms in total. The minimum Gasteiger partial charge on any atom is -0.459 e. The topological polar surface area (TPSA) is 51.2 Å². The van der Waals surface area contributed by atoms with Gasteiger partial charge in [0.15, 0.2) is 0 Å². The normalized spacial score (nSPS) is 11.6. The van der Waals surface area contributed by atoms with E-state index in [1.807, 2.05) is 58.0 Å². The molecule has 1 heterocycles. The van der Waals surface area contributed by atoms with E-state index in [4.69, 9.17) is 4.74 Å². The highest BCUT2D eigenvalue weighted by atomic mass is 16.6. The number of nitrogens with one attached hydrogen (secondary N) is 1. The van der Waals surface area contributed by atoms with Crippen molar-refractivity contribution in [3.05, 3.63) is 41.6 Å². The van der Waals surface area contributed by atoms with Crippen LogP contribution in [-0.2, 0) is 16.1 Å². The first-order valence-electron chi connectivity index (χ1n) is 7.13. The summed E-state index contributed by atoms with van der Waals surface area (Å²) in [6, 6.07) is 10.1. The van der Waals surface area contributed by atoms with E-state index in [1.54, 1.807) is 0 Å². The van der Waals surface area contributed by atoms with Gasteiger partial charge in [0.05, 0.1) is 12.1 Å². The molecular formula is C17H22N2O2. The number of hydrogen-bond donors (Lipinski definition) is 1. The fourth-order valence-corrected chi connectivity index (χ4v) is 2.22. The van der Waals surface area contributed by atoms with Gasteiger partial charge < -0.3 is 10.1 Å². The third-order valence-electron chi connectivity index (χ3n) is 2.93. The van der Waals surface area contributed by atoms with Crippen molar-refractivity contribution in [3.8, 4) is 0 Å². The smallest absolute Gasteiger partial charge is 0.320 e. The van der Waals surface area contributed by atoms with Crippen molar-refractivity contribution in [3.63, 3.8) is 0 Å². The Balaban J connectivity index is 2.02. The van der Waals surface area contributed by atoms with E-state index in [9.17, 15) is 4.79 Å². The lowest BCUT2D eigenvalue weighted by molar-refractivity contribution is -0.153. The number of ether oxygens (including phenoxy) is 1. The summed E-state index contributed by atoms with van der Waals surface area (Å²) in [6.45, 7) is 8.39. The maximum Gasteiger partial charge on any atom is 0.320 e. The number of carbonyl (C=O) groups excluding carboxylic acids is 1. The summed E-state index contributed by atoms with van der Waals surface area (Å²) >= 11 is 0. The number of fused-ring (bicyclic) bond motifs is 1. The molecule has 1 N–H and O–H groups in total. The number of carbonyl (C=O) groups is 1. The largest absolute Gasteiger partial charge is 0.459 e. The Bertz CT molecular complexity index is 645. The van der Waals surface area contributed by atoms with Crippen molar-refractivity contribution in [2.75, 3.05) is 6.54 Å². The molecule has 0 spiro atoms. The summed E-state index contributed by atoms with van der Waals surface area (Å²) in [5.41, 5.74) is 2.65. The van der Waals surface area contributed by atoms with Gasteiger partial charge >= 0.3 is 5.97 Å². The van der Waals surface area contributed by atoms with Crippen molar-refractivity contribution in [1.29, 1.82) is 0 Å². The molecule has 0 unspecified atom stereocenters. The predicted octanol–water partition coefficient (Wildman–Crippen LogP) is 2.97. The summed E-state index contributed by atoms with van der Waals surface area (Å²) in [5.74, 6) is -0.238. The quantitative estimate of drug-likeness (QED) is 0.878. The van der Waals surface area contributed by atoms with Crippen LogP contribution < -0.4 is 5.32 Å². The standard InChI is InChI=1S/C17H22N2O2/c1-12-9-13(14-7-5-6-8-15(14)19-12)10-18-11-16(20)21-17(2,3)4/h5-9,18H,10-11H2,1-4H3. The van der Waals surface area contributed by atoms with E-state index < -0.39 is 5.60 Å². The van der Waals surface area contributed by atoms with Crippen molar-refractivity contribution in [2.45, 2.75) is 39.8 Å². The molecule has 4 heteroatoms. The van der Waals surface area contributed by atoms with Gasteiger partial charge in [-0.3, -0.25) is 9.78 Å². The van der Waals surface area contributed by atoms with E-state index in [2.05, 4.69) is 10.3 Å². The van der Waals surface area contributed by atoms with Gasteiger partial charge in [0.25, 0.3) is 0 Å². The van der Waals surface area contributed by atoms with E-state index in [1.165, 1.54) is 0 Å². The van der Waals surface area contributed by atoms with Crippen LogP contribution in [0.3, 0.4) is 0 Å². The summed E-state index contributed by atoms with van der Waals surface area (Å²) in [4.78, 5) is 16.2. The van der Waals surface area contributed by atoms with Crippen LogP contribution in [-0.4, -0.2) is 23.1 Å². The lowest BCUT2D eigenvalue weighted by Crippen LogP contribution is -2.31. The lowest BCUT2D eigenvalue weighted by atomic mass is 10.1. The summed E-state index contributed by atoms with van der Waals surface area (Å²) in [6.07, 6.45) is 0. The summed E-state index contributed by atoms with van der Waals surface area (Å²) in [5, 5.41) is 4.25. The molecule has 0 saturated carbocycles.